The minimum atomic E-state index is 0.986. The SMILES string of the molecule is Ic1ccc(Cc2ccncc2)cc1. The molecule has 0 fully saturated rings. The van der Waals surface area contributed by atoms with E-state index in [4.69, 9.17) is 0 Å². The van der Waals surface area contributed by atoms with Crippen molar-refractivity contribution in [2.24, 2.45) is 0 Å². The van der Waals surface area contributed by atoms with Crippen molar-refractivity contribution in [2.45, 2.75) is 6.42 Å². The molecule has 0 unspecified atom stereocenters. The lowest BCUT2D eigenvalue weighted by Gasteiger charge is -2.01. The highest BCUT2D eigenvalue weighted by molar-refractivity contribution is 14.1. The molecule has 2 rings (SSSR count). The van der Waals surface area contributed by atoms with E-state index in [1.165, 1.54) is 14.7 Å². The highest BCUT2D eigenvalue weighted by atomic mass is 127. The number of benzene rings is 1. The summed E-state index contributed by atoms with van der Waals surface area (Å²) in [5, 5.41) is 0. The largest absolute Gasteiger partial charge is 0.265 e. The van der Waals surface area contributed by atoms with Gasteiger partial charge in [0.2, 0.25) is 0 Å². The van der Waals surface area contributed by atoms with E-state index in [1.54, 1.807) is 0 Å². The summed E-state index contributed by atoms with van der Waals surface area (Å²) in [7, 11) is 0. The molecule has 0 aliphatic heterocycles. The Morgan fingerprint density at radius 3 is 2.07 bits per heavy atom. The topological polar surface area (TPSA) is 12.9 Å². The lowest BCUT2D eigenvalue weighted by atomic mass is 10.1. The van der Waals surface area contributed by atoms with Gasteiger partial charge in [0.25, 0.3) is 0 Å². The van der Waals surface area contributed by atoms with Crippen LogP contribution in [0.4, 0.5) is 0 Å². The Balaban J connectivity index is 2.16. The molecule has 2 heteroatoms. The Labute approximate surface area is 97.3 Å². The Hall–Kier alpha value is -0.900. The monoisotopic (exact) mass is 295 g/mol. The van der Waals surface area contributed by atoms with Crippen LogP contribution in [-0.4, -0.2) is 4.98 Å². The smallest absolute Gasteiger partial charge is 0.0270 e. The zero-order chi connectivity index (χ0) is 9.80. The first-order chi connectivity index (χ1) is 6.84. The Bertz CT molecular complexity index is 394. The standard InChI is InChI=1S/C12H10IN/c13-12-3-1-10(2-4-12)9-11-5-7-14-8-6-11/h1-8H,9H2. The third-order valence-corrected chi connectivity index (χ3v) is 2.79. The molecule has 0 aliphatic carbocycles. The first kappa shape index (κ1) is 9.65. The summed E-state index contributed by atoms with van der Waals surface area (Å²) >= 11 is 2.32. The van der Waals surface area contributed by atoms with E-state index in [0.717, 1.165) is 6.42 Å². The van der Waals surface area contributed by atoms with Gasteiger partial charge >= 0.3 is 0 Å². The van der Waals surface area contributed by atoms with Crippen LogP contribution in [0.1, 0.15) is 11.1 Å². The van der Waals surface area contributed by atoms with E-state index in [1.807, 2.05) is 12.4 Å². The second-order valence-corrected chi connectivity index (χ2v) is 4.40. The van der Waals surface area contributed by atoms with E-state index in [0.29, 0.717) is 0 Å². The van der Waals surface area contributed by atoms with Crippen LogP contribution < -0.4 is 0 Å². The van der Waals surface area contributed by atoms with Gasteiger partial charge in [-0.05, 0) is 64.4 Å². The molecule has 0 atom stereocenters. The quantitative estimate of drug-likeness (QED) is 0.775. The summed E-state index contributed by atoms with van der Waals surface area (Å²) in [5.41, 5.74) is 2.65. The summed E-state index contributed by atoms with van der Waals surface area (Å²) in [6.07, 6.45) is 4.66. The predicted octanol–water partition coefficient (Wildman–Crippen LogP) is 3.28. The number of halogens is 1. The molecule has 0 N–H and O–H groups in total. The van der Waals surface area contributed by atoms with Gasteiger partial charge in [0.1, 0.15) is 0 Å². The van der Waals surface area contributed by atoms with Gasteiger partial charge in [0.15, 0.2) is 0 Å². The van der Waals surface area contributed by atoms with Gasteiger partial charge in [0, 0.05) is 16.0 Å². The molecule has 70 valence electrons. The number of hydrogen-bond acceptors (Lipinski definition) is 1. The van der Waals surface area contributed by atoms with Crippen LogP contribution >= 0.6 is 22.6 Å². The normalized spacial score (nSPS) is 10.1. The average Bonchev–Trinajstić information content (AvgIpc) is 2.23. The van der Waals surface area contributed by atoms with Gasteiger partial charge in [-0.3, -0.25) is 4.98 Å². The third-order valence-electron chi connectivity index (χ3n) is 2.07. The maximum Gasteiger partial charge on any atom is 0.0270 e. The van der Waals surface area contributed by atoms with Crippen molar-refractivity contribution in [1.29, 1.82) is 0 Å². The van der Waals surface area contributed by atoms with Crippen LogP contribution in [0, 0.1) is 3.57 Å². The fourth-order valence-corrected chi connectivity index (χ4v) is 1.70. The van der Waals surface area contributed by atoms with Crippen molar-refractivity contribution in [1.82, 2.24) is 4.98 Å². The van der Waals surface area contributed by atoms with Gasteiger partial charge in [-0.1, -0.05) is 12.1 Å². The first-order valence-corrected chi connectivity index (χ1v) is 5.56. The number of pyridine rings is 1. The van der Waals surface area contributed by atoms with Crippen molar-refractivity contribution in [3.05, 3.63) is 63.5 Å². The van der Waals surface area contributed by atoms with Crippen LogP contribution in [0.15, 0.2) is 48.8 Å². The minimum Gasteiger partial charge on any atom is -0.265 e. The molecule has 1 heterocycles. The van der Waals surface area contributed by atoms with Crippen LogP contribution in [0.5, 0.6) is 0 Å². The number of rotatable bonds is 2. The van der Waals surface area contributed by atoms with Crippen LogP contribution in [0.25, 0.3) is 0 Å². The summed E-state index contributed by atoms with van der Waals surface area (Å²) in [4.78, 5) is 4.00. The fourth-order valence-electron chi connectivity index (χ4n) is 1.34. The van der Waals surface area contributed by atoms with Gasteiger partial charge < -0.3 is 0 Å². The van der Waals surface area contributed by atoms with Crippen molar-refractivity contribution in [2.75, 3.05) is 0 Å². The van der Waals surface area contributed by atoms with Gasteiger partial charge in [-0.15, -0.1) is 0 Å². The number of nitrogens with zero attached hydrogens (tertiary/aromatic N) is 1. The van der Waals surface area contributed by atoms with Gasteiger partial charge in [-0.2, -0.15) is 0 Å². The molecule has 0 spiro atoms. The summed E-state index contributed by atoms with van der Waals surface area (Å²) < 4.78 is 1.28. The van der Waals surface area contributed by atoms with Crippen molar-refractivity contribution >= 4 is 22.6 Å². The highest BCUT2D eigenvalue weighted by Crippen LogP contribution is 2.11. The molecule has 2 aromatic rings. The molecule has 0 saturated heterocycles. The fraction of sp³-hybridized carbons (Fsp3) is 0.0833. The lowest BCUT2D eigenvalue weighted by Crippen LogP contribution is -1.87. The molecular formula is C12H10IN. The van der Waals surface area contributed by atoms with E-state index in [9.17, 15) is 0 Å². The zero-order valence-corrected chi connectivity index (χ0v) is 9.81. The number of hydrogen-bond donors (Lipinski definition) is 0. The molecule has 1 aromatic carbocycles. The number of aromatic nitrogens is 1. The second kappa shape index (κ2) is 4.55. The van der Waals surface area contributed by atoms with E-state index in [2.05, 4.69) is 64.0 Å². The molecule has 1 nitrogen and oxygen atoms in total. The predicted molar refractivity (Wildman–Crippen MR) is 66.2 cm³/mol. The molecule has 0 amide bonds. The first-order valence-electron chi connectivity index (χ1n) is 4.48. The van der Waals surface area contributed by atoms with E-state index >= 15 is 0 Å². The molecule has 1 aromatic heterocycles. The van der Waals surface area contributed by atoms with Crippen molar-refractivity contribution in [3.63, 3.8) is 0 Å². The second-order valence-electron chi connectivity index (χ2n) is 3.16. The third kappa shape index (κ3) is 2.54. The zero-order valence-electron chi connectivity index (χ0n) is 7.65. The maximum atomic E-state index is 4.00. The molecule has 14 heavy (non-hydrogen) atoms. The summed E-state index contributed by atoms with van der Waals surface area (Å²) in [6, 6.07) is 12.7. The maximum absolute atomic E-state index is 4.00. The van der Waals surface area contributed by atoms with Crippen LogP contribution in [0.3, 0.4) is 0 Å². The van der Waals surface area contributed by atoms with Crippen LogP contribution in [-0.2, 0) is 6.42 Å². The Morgan fingerprint density at radius 2 is 1.43 bits per heavy atom. The van der Waals surface area contributed by atoms with Gasteiger partial charge in [-0.25, -0.2) is 0 Å². The molecule has 0 aliphatic rings. The summed E-state index contributed by atoms with van der Waals surface area (Å²) in [5.74, 6) is 0. The molecule has 0 bridgehead atoms. The van der Waals surface area contributed by atoms with Crippen molar-refractivity contribution < 1.29 is 0 Å². The Morgan fingerprint density at radius 1 is 0.857 bits per heavy atom. The molecule has 0 saturated carbocycles. The lowest BCUT2D eigenvalue weighted by molar-refractivity contribution is 1.16. The summed E-state index contributed by atoms with van der Waals surface area (Å²) in [6.45, 7) is 0. The minimum absolute atomic E-state index is 0.986. The van der Waals surface area contributed by atoms with Crippen LogP contribution in [0.2, 0.25) is 0 Å². The van der Waals surface area contributed by atoms with Crippen molar-refractivity contribution in [3.8, 4) is 0 Å². The average molecular weight is 295 g/mol. The van der Waals surface area contributed by atoms with Gasteiger partial charge in [0.05, 0.1) is 0 Å². The highest BCUT2D eigenvalue weighted by Gasteiger charge is 1.95. The molecular weight excluding hydrogens is 285 g/mol. The Kier molecular flexibility index (Phi) is 3.14. The van der Waals surface area contributed by atoms with E-state index < -0.39 is 0 Å². The molecule has 0 radical (unpaired) electrons. The van der Waals surface area contributed by atoms with E-state index in [-0.39, 0.29) is 0 Å².